The molecule has 2 N–H and O–H groups in total. The second-order valence-electron chi connectivity index (χ2n) is 5.98. The number of aliphatic imine (C=N–C) groups is 1. The first-order valence-corrected chi connectivity index (χ1v) is 9.23. The molecule has 0 saturated heterocycles. The SMILES string of the molecule is CCNC(=NCc1cccnc1OCC(F)(F)F)NCCCOCc1ccco1. The normalized spacial score (nSPS) is 12.1. The van der Waals surface area contributed by atoms with Gasteiger partial charge in [-0.3, -0.25) is 0 Å². The first kappa shape index (κ1) is 22.5. The number of alkyl halides is 3. The lowest BCUT2D eigenvalue weighted by atomic mass is 10.3. The molecule has 0 unspecified atom stereocenters. The number of nitrogens with zero attached hydrogens (tertiary/aromatic N) is 2. The molecule has 0 spiro atoms. The third-order valence-electron chi connectivity index (χ3n) is 3.56. The van der Waals surface area contributed by atoms with Crippen LogP contribution >= 0.6 is 0 Å². The van der Waals surface area contributed by atoms with E-state index >= 15 is 0 Å². The van der Waals surface area contributed by atoms with Crippen LogP contribution in [-0.2, 0) is 17.9 Å². The number of guanidine groups is 1. The maximum Gasteiger partial charge on any atom is 0.422 e. The third kappa shape index (κ3) is 9.33. The van der Waals surface area contributed by atoms with Crippen LogP contribution in [0.4, 0.5) is 13.2 Å². The van der Waals surface area contributed by atoms with Gasteiger partial charge in [-0.05, 0) is 31.5 Å². The van der Waals surface area contributed by atoms with Crippen LogP contribution < -0.4 is 15.4 Å². The van der Waals surface area contributed by atoms with E-state index in [0.29, 0.717) is 37.8 Å². The molecule has 0 saturated carbocycles. The van der Waals surface area contributed by atoms with Crippen LogP contribution in [0.3, 0.4) is 0 Å². The molecule has 0 aliphatic rings. The smallest absolute Gasteiger partial charge is 0.422 e. The maximum absolute atomic E-state index is 12.4. The van der Waals surface area contributed by atoms with E-state index in [-0.39, 0.29) is 12.4 Å². The lowest BCUT2D eigenvalue weighted by molar-refractivity contribution is -0.154. The van der Waals surface area contributed by atoms with E-state index in [4.69, 9.17) is 13.9 Å². The summed E-state index contributed by atoms with van der Waals surface area (Å²) in [5.74, 6) is 1.24. The van der Waals surface area contributed by atoms with Crippen molar-refractivity contribution in [3.8, 4) is 5.88 Å². The van der Waals surface area contributed by atoms with Gasteiger partial charge in [0.2, 0.25) is 5.88 Å². The van der Waals surface area contributed by atoms with Crippen molar-refractivity contribution in [2.24, 2.45) is 4.99 Å². The van der Waals surface area contributed by atoms with Gasteiger partial charge in [0, 0.05) is 31.5 Å². The molecule has 0 fully saturated rings. The summed E-state index contributed by atoms with van der Waals surface area (Å²) in [6.07, 6.45) is -0.697. The molecule has 2 rings (SSSR count). The molecule has 0 aliphatic heterocycles. The number of rotatable bonds is 11. The summed E-state index contributed by atoms with van der Waals surface area (Å²) in [5, 5.41) is 6.24. The second-order valence-corrected chi connectivity index (χ2v) is 5.98. The van der Waals surface area contributed by atoms with E-state index in [1.807, 2.05) is 13.0 Å². The summed E-state index contributed by atoms with van der Waals surface area (Å²) < 4.78 is 52.6. The maximum atomic E-state index is 12.4. The number of hydrogen-bond donors (Lipinski definition) is 2. The van der Waals surface area contributed by atoms with Gasteiger partial charge < -0.3 is 24.5 Å². The van der Waals surface area contributed by atoms with Crippen molar-refractivity contribution >= 4 is 5.96 Å². The minimum atomic E-state index is -4.42. The van der Waals surface area contributed by atoms with Crippen LogP contribution in [0.2, 0.25) is 0 Å². The number of halogens is 3. The van der Waals surface area contributed by atoms with Gasteiger partial charge in [0.15, 0.2) is 12.6 Å². The molecular formula is C19H25F3N4O3. The monoisotopic (exact) mass is 414 g/mol. The summed E-state index contributed by atoms with van der Waals surface area (Å²) in [6, 6.07) is 6.91. The van der Waals surface area contributed by atoms with E-state index < -0.39 is 12.8 Å². The zero-order chi connectivity index (χ0) is 21.0. The summed E-state index contributed by atoms with van der Waals surface area (Å²) in [5.41, 5.74) is 0.468. The van der Waals surface area contributed by atoms with Crippen molar-refractivity contribution in [3.05, 3.63) is 48.0 Å². The topological polar surface area (TPSA) is 80.9 Å². The highest BCUT2D eigenvalue weighted by molar-refractivity contribution is 5.79. The van der Waals surface area contributed by atoms with E-state index in [2.05, 4.69) is 20.6 Å². The fourth-order valence-electron chi connectivity index (χ4n) is 2.28. The lowest BCUT2D eigenvalue weighted by Crippen LogP contribution is -2.38. The zero-order valence-electron chi connectivity index (χ0n) is 16.2. The van der Waals surface area contributed by atoms with Gasteiger partial charge in [-0.2, -0.15) is 13.2 Å². The minimum Gasteiger partial charge on any atom is -0.468 e. The fourth-order valence-corrected chi connectivity index (χ4v) is 2.28. The highest BCUT2D eigenvalue weighted by atomic mass is 19.4. The van der Waals surface area contributed by atoms with Gasteiger partial charge in [0.1, 0.15) is 12.4 Å². The molecule has 0 radical (unpaired) electrons. The first-order chi connectivity index (χ1) is 14.0. The Bertz CT molecular complexity index is 737. The van der Waals surface area contributed by atoms with Crippen LogP contribution in [0.25, 0.3) is 0 Å². The molecule has 0 atom stereocenters. The van der Waals surface area contributed by atoms with E-state index in [1.54, 1.807) is 24.5 Å². The Kier molecular flexibility index (Phi) is 9.29. The predicted molar refractivity (Wildman–Crippen MR) is 102 cm³/mol. The minimum absolute atomic E-state index is 0.0734. The standard InChI is InChI=1S/C19H25F3N4O3/c1-2-23-18(25-9-5-10-27-13-16-7-4-11-28-16)26-12-15-6-3-8-24-17(15)29-14-19(20,21)22/h3-4,6-8,11H,2,5,9-10,12-14H2,1H3,(H2,23,25,26). The molecule has 29 heavy (non-hydrogen) atoms. The van der Waals surface area contributed by atoms with Crippen molar-refractivity contribution in [2.75, 3.05) is 26.3 Å². The number of ether oxygens (including phenoxy) is 2. The molecule has 0 amide bonds. The quantitative estimate of drug-likeness (QED) is 0.334. The number of furan rings is 1. The summed E-state index contributed by atoms with van der Waals surface area (Å²) >= 11 is 0. The number of pyridine rings is 1. The van der Waals surface area contributed by atoms with Crippen molar-refractivity contribution < 1.29 is 27.1 Å². The van der Waals surface area contributed by atoms with Crippen LogP contribution in [-0.4, -0.2) is 43.4 Å². The Labute approximate surface area is 167 Å². The van der Waals surface area contributed by atoms with Gasteiger partial charge in [0.25, 0.3) is 0 Å². The van der Waals surface area contributed by atoms with E-state index in [1.165, 1.54) is 6.20 Å². The molecule has 2 aromatic rings. The van der Waals surface area contributed by atoms with Gasteiger partial charge >= 0.3 is 6.18 Å². The van der Waals surface area contributed by atoms with Crippen molar-refractivity contribution in [1.82, 2.24) is 15.6 Å². The van der Waals surface area contributed by atoms with Crippen LogP contribution in [0, 0.1) is 0 Å². The van der Waals surface area contributed by atoms with Crippen molar-refractivity contribution in [2.45, 2.75) is 32.7 Å². The highest BCUT2D eigenvalue weighted by Gasteiger charge is 2.29. The molecule has 0 bridgehead atoms. The summed E-state index contributed by atoms with van der Waals surface area (Å²) in [4.78, 5) is 8.25. The summed E-state index contributed by atoms with van der Waals surface area (Å²) in [7, 11) is 0. The largest absolute Gasteiger partial charge is 0.468 e. The average molecular weight is 414 g/mol. The van der Waals surface area contributed by atoms with Crippen LogP contribution in [0.1, 0.15) is 24.7 Å². The van der Waals surface area contributed by atoms with E-state index in [0.717, 1.165) is 12.2 Å². The molecule has 10 heteroatoms. The third-order valence-corrected chi connectivity index (χ3v) is 3.56. The predicted octanol–water partition coefficient (Wildman–Crippen LogP) is 3.28. The Morgan fingerprint density at radius 2 is 2.10 bits per heavy atom. The number of aromatic nitrogens is 1. The Morgan fingerprint density at radius 3 is 2.83 bits per heavy atom. The molecule has 0 aliphatic carbocycles. The van der Waals surface area contributed by atoms with Gasteiger partial charge in [-0.25, -0.2) is 9.98 Å². The molecule has 0 aromatic carbocycles. The van der Waals surface area contributed by atoms with Crippen molar-refractivity contribution in [3.63, 3.8) is 0 Å². The fraction of sp³-hybridized carbons (Fsp3) is 0.474. The van der Waals surface area contributed by atoms with E-state index in [9.17, 15) is 13.2 Å². The molecule has 2 heterocycles. The summed E-state index contributed by atoms with van der Waals surface area (Å²) in [6.45, 7) is 2.89. The van der Waals surface area contributed by atoms with Crippen LogP contribution in [0.5, 0.6) is 5.88 Å². The first-order valence-electron chi connectivity index (χ1n) is 9.23. The zero-order valence-corrected chi connectivity index (χ0v) is 16.2. The molecule has 7 nitrogen and oxygen atoms in total. The number of nitrogens with one attached hydrogen (secondary N) is 2. The van der Waals surface area contributed by atoms with Crippen LogP contribution in [0.15, 0.2) is 46.1 Å². The average Bonchev–Trinajstić information content (AvgIpc) is 3.20. The molecular weight excluding hydrogens is 389 g/mol. The molecule has 2 aromatic heterocycles. The molecule has 160 valence electrons. The second kappa shape index (κ2) is 11.9. The highest BCUT2D eigenvalue weighted by Crippen LogP contribution is 2.20. The Hall–Kier alpha value is -2.75. The Balaban J connectivity index is 1.79. The lowest BCUT2D eigenvalue weighted by Gasteiger charge is -2.13. The van der Waals surface area contributed by atoms with Crippen molar-refractivity contribution in [1.29, 1.82) is 0 Å². The Morgan fingerprint density at radius 1 is 1.24 bits per heavy atom. The number of hydrogen-bond acceptors (Lipinski definition) is 5. The van der Waals surface area contributed by atoms with Gasteiger partial charge in [-0.15, -0.1) is 0 Å². The van der Waals surface area contributed by atoms with Gasteiger partial charge in [-0.1, -0.05) is 6.07 Å². The van der Waals surface area contributed by atoms with Gasteiger partial charge in [0.05, 0.1) is 12.8 Å².